The highest BCUT2D eigenvalue weighted by atomic mass is 127. The second-order valence-corrected chi connectivity index (χ2v) is 1.52. The fourth-order valence-electron chi connectivity index (χ4n) is 0. The van der Waals surface area contributed by atoms with Gasteiger partial charge >= 0.3 is 0 Å². The van der Waals surface area contributed by atoms with Crippen molar-refractivity contribution >= 4 is 30.4 Å². The average Bonchev–Trinajstić information content (AvgIpc) is 0.811. The molecular weight excluding hydrogens is 169 g/mol. The van der Waals surface area contributed by atoms with Crippen LogP contribution in [-0.4, -0.2) is 11.9 Å². The highest BCUT2D eigenvalue weighted by Crippen LogP contribution is 1.90. The maximum atomic E-state index is 10.8. The minimum absolute atomic E-state index is 1.20. The lowest BCUT2D eigenvalue weighted by atomic mass is 10.2. The molecule has 0 amide bonds. The van der Waals surface area contributed by atoms with E-state index < -0.39 is 4.08 Å². The summed E-state index contributed by atoms with van der Waals surface area (Å²) >= 11 is 1.45. The van der Waals surface area contributed by atoms with Crippen molar-refractivity contribution in [3.63, 3.8) is 0 Å². The van der Waals surface area contributed by atoms with Crippen molar-refractivity contribution in [1.82, 2.24) is 0 Å². The molecule has 0 spiro atoms. The van der Waals surface area contributed by atoms with Crippen molar-refractivity contribution in [2.24, 2.45) is 0 Å². The van der Waals surface area contributed by atoms with E-state index in [0.29, 0.717) is 0 Å². The van der Waals surface area contributed by atoms with Gasteiger partial charge in [0.1, 0.15) is 11.9 Å². The number of rotatable bonds is 0. The molecule has 22 valence electrons. The Hall–Kier alpha value is 0.725. The Morgan fingerprint density at radius 1 is 2.00 bits per heavy atom. The molecule has 0 N–H and O–H groups in total. The summed E-state index contributed by atoms with van der Waals surface area (Å²) in [6, 6.07) is 0. The Morgan fingerprint density at radius 2 is 2.00 bits per heavy atom. The number of alkyl halides is 2. The molecule has 0 saturated carbocycles. The molecular formula is CHBFI. The number of halogens is 2. The third kappa shape index (κ3) is 15.4. The summed E-state index contributed by atoms with van der Waals surface area (Å²) in [6.07, 6.45) is 0. The van der Waals surface area contributed by atoms with Gasteiger partial charge in [-0.3, -0.25) is 0 Å². The zero-order valence-corrected chi connectivity index (χ0v) is 4.07. The lowest BCUT2D eigenvalue weighted by Gasteiger charge is -1.72. The fraction of sp³-hybridized carbons (Fsp3) is 1.00. The highest BCUT2D eigenvalue weighted by Gasteiger charge is 1.77. The highest BCUT2D eigenvalue weighted by molar-refractivity contribution is 14.1. The van der Waals surface area contributed by atoms with E-state index in [1.165, 1.54) is 22.6 Å². The molecule has 1 unspecified atom stereocenters. The SMILES string of the molecule is [B]C(F)I. The van der Waals surface area contributed by atoms with Crippen molar-refractivity contribution < 1.29 is 4.39 Å². The van der Waals surface area contributed by atoms with Crippen LogP contribution in [0.2, 0.25) is 0 Å². The Labute approximate surface area is 39.3 Å². The molecule has 0 aliphatic carbocycles. The van der Waals surface area contributed by atoms with Gasteiger partial charge in [-0.25, -0.2) is 4.39 Å². The summed E-state index contributed by atoms with van der Waals surface area (Å²) in [6.45, 7) is 0. The molecule has 0 bridgehead atoms. The first-order valence-corrected chi connectivity index (χ1v) is 2.02. The van der Waals surface area contributed by atoms with Crippen LogP contribution in [0.25, 0.3) is 0 Å². The molecule has 0 rings (SSSR count). The van der Waals surface area contributed by atoms with E-state index in [1.54, 1.807) is 0 Å². The Kier molecular flexibility index (Phi) is 2.35. The van der Waals surface area contributed by atoms with Gasteiger partial charge < -0.3 is 0 Å². The fourth-order valence-corrected chi connectivity index (χ4v) is 0. The van der Waals surface area contributed by atoms with Gasteiger partial charge in [0, 0.05) is 0 Å². The first-order valence-electron chi connectivity index (χ1n) is 0.770. The van der Waals surface area contributed by atoms with Crippen LogP contribution in [-0.2, 0) is 0 Å². The summed E-state index contributed by atoms with van der Waals surface area (Å²) in [5, 5.41) is 0. The molecule has 2 radical (unpaired) electrons. The molecule has 3 heteroatoms. The van der Waals surface area contributed by atoms with Crippen molar-refractivity contribution in [2.75, 3.05) is 0 Å². The topological polar surface area (TPSA) is 0 Å². The average molecular weight is 170 g/mol. The molecule has 0 heterocycles. The molecule has 0 saturated heterocycles. The van der Waals surface area contributed by atoms with Crippen LogP contribution < -0.4 is 0 Å². The van der Waals surface area contributed by atoms with E-state index in [1.807, 2.05) is 0 Å². The summed E-state index contributed by atoms with van der Waals surface area (Å²) in [7, 11) is 4.43. The second-order valence-electron chi connectivity index (χ2n) is 0.334. The lowest BCUT2D eigenvalue weighted by Crippen LogP contribution is -1.76. The van der Waals surface area contributed by atoms with E-state index in [9.17, 15) is 4.39 Å². The maximum Gasteiger partial charge on any atom is 0.131 e. The Morgan fingerprint density at radius 3 is 2.00 bits per heavy atom. The van der Waals surface area contributed by atoms with Gasteiger partial charge in [-0.05, 0) is 0 Å². The molecule has 0 nitrogen and oxygen atoms in total. The minimum atomic E-state index is -1.20. The summed E-state index contributed by atoms with van der Waals surface area (Å²) in [5.74, 6) is 0. The van der Waals surface area contributed by atoms with E-state index in [4.69, 9.17) is 0 Å². The molecule has 0 aliphatic heterocycles. The van der Waals surface area contributed by atoms with Gasteiger partial charge in [0.15, 0.2) is 0 Å². The van der Waals surface area contributed by atoms with Crippen LogP contribution in [0.4, 0.5) is 4.39 Å². The van der Waals surface area contributed by atoms with Gasteiger partial charge in [0.05, 0.1) is 0 Å². The Bertz CT molecular complexity index is 12.8. The summed E-state index contributed by atoms with van der Waals surface area (Å²) in [5.41, 5.74) is 0. The number of hydrogen-bond donors (Lipinski definition) is 0. The van der Waals surface area contributed by atoms with Crippen LogP contribution in [0, 0.1) is 0 Å². The van der Waals surface area contributed by atoms with Gasteiger partial charge in [-0.2, -0.15) is 0 Å². The van der Waals surface area contributed by atoms with Crippen LogP contribution in [0.15, 0.2) is 0 Å². The Balaban J connectivity index is 2.32. The van der Waals surface area contributed by atoms with E-state index >= 15 is 0 Å². The zero-order chi connectivity index (χ0) is 3.58. The van der Waals surface area contributed by atoms with Gasteiger partial charge in [-0.1, -0.05) is 22.6 Å². The molecule has 1 atom stereocenters. The van der Waals surface area contributed by atoms with Crippen molar-refractivity contribution in [3.8, 4) is 0 Å². The quantitative estimate of drug-likeness (QED) is 0.287. The van der Waals surface area contributed by atoms with Crippen LogP contribution in [0.5, 0.6) is 0 Å². The van der Waals surface area contributed by atoms with Crippen molar-refractivity contribution in [3.05, 3.63) is 0 Å². The standard InChI is InChI=1S/CHBFI/c2-1(3)4/h1H. The molecule has 4 heavy (non-hydrogen) atoms. The van der Waals surface area contributed by atoms with Gasteiger partial charge in [-0.15, -0.1) is 0 Å². The molecule has 0 aromatic rings. The van der Waals surface area contributed by atoms with Crippen molar-refractivity contribution in [1.29, 1.82) is 0 Å². The van der Waals surface area contributed by atoms with Crippen LogP contribution >= 0.6 is 22.6 Å². The third-order valence-electron chi connectivity index (χ3n) is 0. The van der Waals surface area contributed by atoms with Gasteiger partial charge in [0.25, 0.3) is 0 Å². The van der Waals surface area contributed by atoms with Crippen LogP contribution in [0.3, 0.4) is 0 Å². The largest absolute Gasteiger partial charge is 0.247 e. The normalized spacial score (nSPS) is 15.5. The smallest absolute Gasteiger partial charge is 0.131 e. The molecule has 0 aromatic carbocycles. The first kappa shape index (κ1) is 4.72. The summed E-state index contributed by atoms with van der Waals surface area (Å²) < 4.78 is 9.57. The summed E-state index contributed by atoms with van der Waals surface area (Å²) in [4.78, 5) is 0. The monoisotopic (exact) mass is 170 g/mol. The van der Waals surface area contributed by atoms with E-state index in [-0.39, 0.29) is 0 Å². The maximum absolute atomic E-state index is 10.8. The van der Waals surface area contributed by atoms with Crippen LogP contribution in [0.1, 0.15) is 0 Å². The zero-order valence-electron chi connectivity index (χ0n) is 1.91. The molecule has 0 aliphatic rings. The van der Waals surface area contributed by atoms with Crippen molar-refractivity contribution in [2.45, 2.75) is 4.08 Å². The first-order chi connectivity index (χ1) is 1.73. The molecule has 0 fully saturated rings. The van der Waals surface area contributed by atoms with E-state index in [0.717, 1.165) is 0 Å². The predicted octanol–water partition coefficient (Wildman–Crippen LogP) is 0.843. The minimum Gasteiger partial charge on any atom is -0.247 e. The second kappa shape index (κ2) is 1.99. The predicted molar refractivity (Wildman–Crippen MR) is 24.7 cm³/mol. The lowest BCUT2D eigenvalue weighted by molar-refractivity contribution is 0.578. The molecule has 0 aromatic heterocycles. The number of hydrogen-bond acceptors (Lipinski definition) is 0. The van der Waals surface area contributed by atoms with E-state index in [2.05, 4.69) is 7.85 Å². The van der Waals surface area contributed by atoms with Gasteiger partial charge in [0.2, 0.25) is 0 Å². The third-order valence-corrected chi connectivity index (χ3v) is 0.